The van der Waals surface area contributed by atoms with E-state index < -0.39 is 10.8 Å². The van der Waals surface area contributed by atoms with Gasteiger partial charge >= 0.3 is 0 Å². The van der Waals surface area contributed by atoms with Crippen LogP contribution in [-0.2, 0) is 19.2 Å². The molecule has 0 atom stereocenters. The van der Waals surface area contributed by atoms with E-state index in [9.17, 15) is 19.2 Å². The Bertz CT molecular complexity index is 1270. The topological polar surface area (TPSA) is 92.3 Å². The zero-order valence-corrected chi connectivity index (χ0v) is 20.7. The lowest BCUT2D eigenvalue weighted by atomic mass is 9.73. The number of anilines is 2. The summed E-state index contributed by atoms with van der Waals surface area (Å²) in [4.78, 5) is 52.3. The average molecular weight is 481 g/mol. The van der Waals surface area contributed by atoms with Gasteiger partial charge in [-0.1, -0.05) is 48.6 Å². The van der Waals surface area contributed by atoms with E-state index in [4.69, 9.17) is 0 Å². The summed E-state index contributed by atoms with van der Waals surface area (Å²) >= 11 is 0. The molecule has 0 saturated carbocycles. The number of benzene rings is 2. The monoisotopic (exact) mass is 480 g/mol. The Kier molecular flexibility index (Phi) is 6.46. The van der Waals surface area contributed by atoms with Gasteiger partial charge in [-0.05, 0) is 64.1 Å². The molecule has 0 amide bonds. The lowest BCUT2D eigenvalue weighted by molar-refractivity contribution is -0.136. The molecule has 6 heteroatoms. The molecule has 0 radical (unpaired) electrons. The van der Waals surface area contributed by atoms with Crippen molar-refractivity contribution >= 4 is 34.5 Å². The van der Waals surface area contributed by atoms with Crippen LogP contribution >= 0.6 is 0 Å². The van der Waals surface area contributed by atoms with Gasteiger partial charge in [0.1, 0.15) is 0 Å². The first-order valence-electron chi connectivity index (χ1n) is 11.7. The molecule has 0 unspecified atom stereocenters. The van der Waals surface area contributed by atoms with Gasteiger partial charge in [-0.15, -0.1) is 0 Å². The van der Waals surface area contributed by atoms with Gasteiger partial charge in [0, 0.05) is 22.5 Å². The number of carbonyl (C=O) groups excluding carboxylic acids is 4. The van der Waals surface area contributed by atoms with Crippen molar-refractivity contribution < 1.29 is 19.2 Å². The predicted octanol–water partition coefficient (Wildman–Crippen LogP) is 5.19. The van der Waals surface area contributed by atoms with Crippen LogP contribution in [0.25, 0.3) is 0 Å². The van der Waals surface area contributed by atoms with Crippen LogP contribution in [0.15, 0.2) is 108 Å². The summed E-state index contributed by atoms with van der Waals surface area (Å²) in [7, 11) is 0. The molecule has 2 N–H and O–H groups in total. The molecule has 0 aliphatic heterocycles. The van der Waals surface area contributed by atoms with Gasteiger partial charge < -0.3 is 10.6 Å². The van der Waals surface area contributed by atoms with Crippen LogP contribution in [0.4, 0.5) is 11.4 Å². The molecule has 2 aliphatic carbocycles. The molecular formula is C30H28N2O4. The molecule has 0 spiro atoms. The number of hydrogen-bond donors (Lipinski definition) is 2. The molecule has 0 bridgehead atoms. The van der Waals surface area contributed by atoms with Crippen LogP contribution in [0.1, 0.15) is 27.7 Å². The lowest BCUT2D eigenvalue weighted by Gasteiger charge is -2.29. The summed E-state index contributed by atoms with van der Waals surface area (Å²) in [6.45, 7) is 6.36. The summed E-state index contributed by atoms with van der Waals surface area (Å²) in [5.74, 6) is -1.30. The molecule has 2 aliphatic rings. The van der Waals surface area contributed by atoms with Crippen LogP contribution in [0.3, 0.4) is 0 Å². The summed E-state index contributed by atoms with van der Waals surface area (Å²) < 4.78 is 0. The second-order valence-electron chi connectivity index (χ2n) is 9.91. The minimum atomic E-state index is -1.27. The fourth-order valence-electron chi connectivity index (χ4n) is 4.14. The van der Waals surface area contributed by atoms with Crippen molar-refractivity contribution in [3.63, 3.8) is 0 Å². The average Bonchev–Trinajstić information content (AvgIpc) is 2.86. The Balaban J connectivity index is 1.74. The molecule has 182 valence electrons. The Labute approximate surface area is 210 Å². The molecular weight excluding hydrogens is 452 g/mol. The third-order valence-corrected chi connectivity index (χ3v) is 6.43. The summed E-state index contributed by atoms with van der Waals surface area (Å²) in [6.07, 6.45) is 6.10. The van der Waals surface area contributed by atoms with Gasteiger partial charge in [0.05, 0.1) is 22.2 Å². The van der Waals surface area contributed by atoms with Gasteiger partial charge in [0.2, 0.25) is 0 Å². The number of rotatable bonds is 5. The highest BCUT2D eigenvalue weighted by molar-refractivity contribution is 6.25. The molecule has 36 heavy (non-hydrogen) atoms. The van der Waals surface area contributed by atoms with Crippen molar-refractivity contribution in [2.24, 2.45) is 10.8 Å². The van der Waals surface area contributed by atoms with Crippen molar-refractivity contribution in [1.29, 1.82) is 0 Å². The quantitative estimate of drug-likeness (QED) is 0.452. The standard InChI is InChI=1S/C30H28N2O4/c1-29(2)25(33)19(17-23(27(29)35)31-21-11-7-5-8-12-21)15-16-20-18-24(28(36)30(3,4)26(20)34)32-22-13-9-6-10-14-22/h5-18,31-32H,1-4H3. The number of Topliss-reactive ketones (excluding diaryl/α,β-unsaturated/α-hetero) is 4. The molecule has 4 rings (SSSR count). The largest absolute Gasteiger partial charge is 0.353 e. The number of carbonyl (C=O) groups is 4. The van der Waals surface area contributed by atoms with Crippen molar-refractivity contribution in [2.75, 3.05) is 10.6 Å². The Morgan fingerprint density at radius 3 is 1.19 bits per heavy atom. The summed E-state index contributed by atoms with van der Waals surface area (Å²) in [5, 5.41) is 6.20. The molecule has 6 nitrogen and oxygen atoms in total. The number of nitrogens with one attached hydrogen (secondary N) is 2. The maximum atomic E-state index is 13.1. The number of para-hydroxylation sites is 2. The van der Waals surface area contributed by atoms with E-state index in [2.05, 4.69) is 10.6 Å². The van der Waals surface area contributed by atoms with Gasteiger partial charge in [0.25, 0.3) is 0 Å². The smallest absolute Gasteiger partial charge is 0.192 e. The number of allylic oxidation sites excluding steroid dienone is 8. The second kappa shape index (κ2) is 9.38. The molecule has 0 heterocycles. The lowest BCUT2D eigenvalue weighted by Crippen LogP contribution is -2.41. The first-order chi connectivity index (χ1) is 17.0. The maximum absolute atomic E-state index is 13.1. The fraction of sp³-hybridized carbons (Fsp3) is 0.200. The zero-order valence-electron chi connectivity index (χ0n) is 20.7. The minimum Gasteiger partial charge on any atom is -0.353 e. The molecule has 0 saturated heterocycles. The van der Waals surface area contributed by atoms with Crippen molar-refractivity contribution in [3.8, 4) is 0 Å². The Morgan fingerprint density at radius 1 is 0.528 bits per heavy atom. The van der Waals surface area contributed by atoms with Gasteiger partial charge in [-0.3, -0.25) is 19.2 Å². The van der Waals surface area contributed by atoms with E-state index >= 15 is 0 Å². The molecule has 0 aromatic heterocycles. The highest BCUT2D eigenvalue weighted by Crippen LogP contribution is 2.35. The van der Waals surface area contributed by atoms with E-state index in [-0.39, 0.29) is 23.1 Å². The maximum Gasteiger partial charge on any atom is 0.192 e. The van der Waals surface area contributed by atoms with Gasteiger partial charge in [-0.25, -0.2) is 0 Å². The van der Waals surface area contributed by atoms with Crippen molar-refractivity contribution in [2.45, 2.75) is 27.7 Å². The highest BCUT2D eigenvalue weighted by Gasteiger charge is 2.44. The normalized spacial score (nSPS) is 21.3. The van der Waals surface area contributed by atoms with Crippen LogP contribution in [0.5, 0.6) is 0 Å². The third kappa shape index (κ3) is 4.62. The minimum absolute atomic E-state index is 0.291. The van der Waals surface area contributed by atoms with Crippen LogP contribution in [0.2, 0.25) is 0 Å². The first-order valence-corrected chi connectivity index (χ1v) is 11.7. The zero-order chi connectivity index (χ0) is 26.1. The predicted molar refractivity (Wildman–Crippen MR) is 140 cm³/mol. The van der Waals surface area contributed by atoms with Crippen LogP contribution in [-0.4, -0.2) is 23.1 Å². The van der Waals surface area contributed by atoms with E-state index in [0.29, 0.717) is 22.5 Å². The van der Waals surface area contributed by atoms with E-state index in [1.165, 1.54) is 12.2 Å². The van der Waals surface area contributed by atoms with Crippen molar-refractivity contribution in [3.05, 3.63) is 108 Å². The highest BCUT2D eigenvalue weighted by atomic mass is 16.2. The van der Waals surface area contributed by atoms with E-state index in [0.717, 1.165) is 11.4 Å². The second-order valence-corrected chi connectivity index (χ2v) is 9.91. The van der Waals surface area contributed by atoms with Crippen molar-refractivity contribution in [1.82, 2.24) is 0 Å². The fourth-order valence-corrected chi connectivity index (χ4v) is 4.14. The number of hydrogen-bond acceptors (Lipinski definition) is 6. The van der Waals surface area contributed by atoms with Gasteiger partial charge in [0.15, 0.2) is 23.1 Å². The Hall–Kier alpha value is -4.32. The summed E-state index contributed by atoms with van der Waals surface area (Å²) in [6, 6.07) is 18.4. The molecule has 0 fully saturated rings. The van der Waals surface area contributed by atoms with Crippen LogP contribution < -0.4 is 10.6 Å². The van der Waals surface area contributed by atoms with Gasteiger partial charge in [-0.2, -0.15) is 0 Å². The van der Waals surface area contributed by atoms with E-state index in [1.54, 1.807) is 39.8 Å². The Morgan fingerprint density at radius 2 is 0.861 bits per heavy atom. The molecule has 2 aromatic carbocycles. The SMILES string of the molecule is CC1(C)C(=O)C(=CC=C2C=C(Nc3ccccc3)C(=O)C(C)(C)C2=O)C=C(Nc2ccccc2)C1=O. The molecule has 2 aromatic rings. The third-order valence-electron chi connectivity index (χ3n) is 6.43. The summed E-state index contributed by atoms with van der Waals surface area (Å²) in [5.41, 5.74) is 0.0868. The first kappa shape index (κ1) is 24.8. The number of ketones is 4. The van der Waals surface area contributed by atoms with Crippen LogP contribution in [0, 0.1) is 10.8 Å². The van der Waals surface area contributed by atoms with E-state index in [1.807, 2.05) is 60.7 Å².